The van der Waals surface area contributed by atoms with E-state index in [1.165, 1.54) is 0 Å². The molecule has 0 aromatic heterocycles. The Kier molecular flexibility index (Phi) is 3.21. The first-order valence-corrected chi connectivity index (χ1v) is 6.54. The summed E-state index contributed by atoms with van der Waals surface area (Å²) in [6.07, 6.45) is 3.03. The second-order valence-electron chi connectivity index (χ2n) is 4.64. The molecular formula is C16H14N2O2. The Bertz CT molecular complexity index is 665. The maximum Gasteiger partial charge on any atom is 0.292 e. The van der Waals surface area contributed by atoms with Crippen molar-refractivity contribution in [2.45, 2.75) is 6.42 Å². The van der Waals surface area contributed by atoms with Gasteiger partial charge in [-0.25, -0.2) is 0 Å². The highest BCUT2D eigenvalue weighted by atomic mass is 16.6. The summed E-state index contributed by atoms with van der Waals surface area (Å²) in [6, 6.07) is 16.9. The summed E-state index contributed by atoms with van der Waals surface area (Å²) in [4.78, 5) is 12.9. The van der Waals surface area contributed by atoms with Gasteiger partial charge >= 0.3 is 0 Å². The molecule has 0 aliphatic carbocycles. The van der Waals surface area contributed by atoms with E-state index in [1.807, 2.05) is 41.3 Å². The van der Waals surface area contributed by atoms with E-state index >= 15 is 0 Å². The van der Waals surface area contributed by atoms with Gasteiger partial charge in [0.15, 0.2) is 0 Å². The summed E-state index contributed by atoms with van der Waals surface area (Å²) in [5.74, 6) is 0. The van der Waals surface area contributed by atoms with Gasteiger partial charge in [0.05, 0.1) is 4.92 Å². The Morgan fingerprint density at radius 2 is 1.70 bits per heavy atom. The van der Waals surface area contributed by atoms with Crippen molar-refractivity contribution in [2.24, 2.45) is 0 Å². The molecule has 0 atom stereocenters. The SMILES string of the molecule is O=[N+]([O-])c1ccccc1N1CCC=C1c1ccccc1. The number of nitrogens with zero attached hydrogens (tertiary/aromatic N) is 2. The normalized spacial score (nSPS) is 14.2. The van der Waals surface area contributed by atoms with Gasteiger partial charge < -0.3 is 4.90 Å². The molecule has 100 valence electrons. The zero-order chi connectivity index (χ0) is 13.9. The molecule has 1 aliphatic rings. The Morgan fingerprint density at radius 3 is 2.45 bits per heavy atom. The Morgan fingerprint density at radius 1 is 1.00 bits per heavy atom. The van der Waals surface area contributed by atoms with E-state index in [0.717, 1.165) is 24.2 Å². The highest BCUT2D eigenvalue weighted by Gasteiger charge is 2.24. The number of anilines is 1. The standard InChI is InChI=1S/C16H14N2O2/c19-18(20)16-10-5-4-9-15(16)17-12-6-11-14(17)13-7-2-1-3-8-13/h1-5,7-11H,6,12H2. The minimum atomic E-state index is -0.323. The van der Waals surface area contributed by atoms with Gasteiger partial charge in [-0.05, 0) is 18.1 Å². The average Bonchev–Trinajstić information content (AvgIpc) is 2.97. The molecule has 3 rings (SSSR count). The highest BCUT2D eigenvalue weighted by molar-refractivity contribution is 5.84. The van der Waals surface area contributed by atoms with Crippen molar-refractivity contribution in [1.82, 2.24) is 0 Å². The van der Waals surface area contributed by atoms with E-state index in [4.69, 9.17) is 0 Å². The highest BCUT2D eigenvalue weighted by Crippen LogP contribution is 2.36. The van der Waals surface area contributed by atoms with Crippen LogP contribution in [-0.2, 0) is 0 Å². The van der Waals surface area contributed by atoms with E-state index in [1.54, 1.807) is 18.2 Å². The molecular weight excluding hydrogens is 252 g/mol. The van der Waals surface area contributed by atoms with Crippen molar-refractivity contribution < 1.29 is 4.92 Å². The molecule has 1 aliphatic heterocycles. The summed E-state index contributed by atoms with van der Waals surface area (Å²) in [6.45, 7) is 0.773. The van der Waals surface area contributed by atoms with Crippen LogP contribution < -0.4 is 4.90 Å². The minimum Gasteiger partial charge on any atom is -0.335 e. The van der Waals surface area contributed by atoms with E-state index < -0.39 is 0 Å². The zero-order valence-corrected chi connectivity index (χ0v) is 10.9. The maximum atomic E-state index is 11.2. The maximum absolute atomic E-state index is 11.2. The van der Waals surface area contributed by atoms with E-state index in [-0.39, 0.29) is 10.6 Å². The lowest BCUT2D eigenvalue weighted by Gasteiger charge is -2.22. The van der Waals surface area contributed by atoms with Crippen molar-refractivity contribution in [3.63, 3.8) is 0 Å². The lowest BCUT2D eigenvalue weighted by Crippen LogP contribution is -2.18. The van der Waals surface area contributed by atoms with Gasteiger partial charge in [-0.3, -0.25) is 10.1 Å². The molecule has 0 fully saturated rings. The van der Waals surface area contributed by atoms with Gasteiger partial charge in [0.25, 0.3) is 5.69 Å². The molecule has 0 bridgehead atoms. The number of rotatable bonds is 3. The summed E-state index contributed by atoms with van der Waals surface area (Å²) in [7, 11) is 0. The van der Waals surface area contributed by atoms with Crippen molar-refractivity contribution in [2.75, 3.05) is 11.4 Å². The quantitative estimate of drug-likeness (QED) is 0.626. The number of nitro benzene ring substituents is 1. The van der Waals surface area contributed by atoms with Gasteiger partial charge in [-0.2, -0.15) is 0 Å². The van der Waals surface area contributed by atoms with Crippen LogP contribution in [0.3, 0.4) is 0 Å². The summed E-state index contributed by atoms with van der Waals surface area (Å²) < 4.78 is 0. The van der Waals surface area contributed by atoms with E-state index in [0.29, 0.717) is 5.69 Å². The van der Waals surface area contributed by atoms with Crippen LogP contribution in [-0.4, -0.2) is 11.5 Å². The molecule has 4 heteroatoms. The number of hydrogen-bond donors (Lipinski definition) is 0. The van der Waals surface area contributed by atoms with Crippen LogP contribution in [0.2, 0.25) is 0 Å². The molecule has 0 saturated carbocycles. The van der Waals surface area contributed by atoms with Crippen molar-refractivity contribution in [1.29, 1.82) is 0 Å². The lowest BCUT2D eigenvalue weighted by molar-refractivity contribution is -0.384. The molecule has 0 N–H and O–H groups in total. The van der Waals surface area contributed by atoms with Crippen LogP contribution in [0.1, 0.15) is 12.0 Å². The minimum absolute atomic E-state index is 0.149. The van der Waals surface area contributed by atoms with Crippen LogP contribution in [0.4, 0.5) is 11.4 Å². The van der Waals surface area contributed by atoms with Gasteiger partial charge in [0, 0.05) is 18.3 Å². The third kappa shape index (κ3) is 2.16. The molecule has 0 spiro atoms. The van der Waals surface area contributed by atoms with Crippen LogP contribution in [0.15, 0.2) is 60.7 Å². The number of para-hydroxylation sites is 2. The zero-order valence-electron chi connectivity index (χ0n) is 10.9. The second-order valence-corrected chi connectivity index (χ2v) is 4.64. The summed E-state index contributed by atoms with van der Waals surface area (Å²) in [5.41, 5.74) is 2.93. The molecule has 0 amide bonds. The number of benzene rings is 2. The van der Waals surface area contributed by atoms with Crippen molar-refractivity contribution in [3.05, 3.63) is 76.4 Å². The molecule has 2 aromatic rings. The van der Waals surface area contributed by atoms with Crippen LogP contribution in [0.5, 0.6) is 0 Å². The monoisotopic (exact) mass is 266 g/mol. The smallest absolute Gasteiger partial charge is 0.292 e. The summed E-state index contributed by atoms with van der Waals surface area (Å²) >= 11 is 0. The molecule has 0 unspecified atom stereocenters. The van der Waals surface area contributed by atoms with E-state index in [2.05, 4.69) is 6.08 Å². The number of hydrogen-bond acceptors (Lipinski definition) is 3. The molecule has 2 aromatic carbocycles. The average molecular weight is 266 g/mol. The predicted octanol–water partition coefficient (Wildman–Crippen LogP) is 3.85. The Balaban J connectivity index is 2.03. The molecule has 4 nitrogen and oxygen atoms in total. The topological polar surface area (TPSA) is 46.4 Å². The van der Waals surface area contributed by atoms with E-state index in [9.17, 15) is 10.1 Å². The Hall–Kier alpha value is -2.62. The van der Waals surface area contributed by atoms with Gasteiger partial charge in [0.1, 0.15) is 5.69 Å². The first-order chi connectivity index (χ1) is 9.77. The lowest BCUT2D eigenvalue weighted by atomic mass is 10.1. The molecule has 1 heterocycles. The third-order valence-corrected chi connectivity index (χ3v) is 3.42. The van der Waals surface area contributed by atoms with Crippen LogP contribution in [0, 0.1) is 10.1 Å². The van der Waals surface area contributed by atoms with Crippen LogP contribution >= 0.6 is 0 Å². The molecule has 0 radical (unpaired) electrons. The van der Waals surface area contributed by atoms with Crippen molar-refractivity contribution >= 4 is 17.1 Å². The third-order valence-electron chi connectivity index (χ3n) is 3.42. The van der Waals surface area contributed by atoms with Crippen molar-refractivity contribution in [3.8, 4) is 0 Å². The Labute approximate surface area is 117 Å². The first-order valence-electron chi connectivity index (χ1n) is 6.54. The van der Waals surface area contributed by atoms with Gasteiger partial charge in [0.2, 0.25) is 0 Å². The fourth-order valence-corrected chi connectivity index (χ4v) is 2.54. The predicted molar refractivity (Wildman–Crippen MR) is 79.5 cm³/mol. The molecule has 20 heavy (non-hydrogen) atoms. The largest absolute Gasteiger partial charge is 0.335 e. The van der Waals surface area contributed by atoms with Gasteiger partial charge in [-0.1, -0.05) is 48.5 Å². The fraction of sp³-hybridized carbons (Fsp3) is 0.125. The second kappa shape index (κ2) is 5.17. The van der Waals surface area contributed by atoms with Gasteiger partial charge in [-0.15, -0.1) is 0 Å². The molecule has 0 saturated heterocycles. The van der Waals surface area contributed by atoms with Crippen LogP contribution in [0.25, 0.3) is 5.70 Å². The summed E-state index contributed by atoms with van der Waals surface area (Å²) in [5, 5.41) is 11.2. The fourth-order valence-electron chi connectivity index (χ4n) is 2.54. The number of nitro groups is 1. The first kappa shape index (κ1) is 12.4.